The molecule has 0 aromatic heterocycles. The van der Waals surface area contributed by atoms with Crippen LogP contribution in [0.3, 0.4) is 0 Å². The summed E-state index contributed by atoms with van der Waals surface area (Å²) in [5.74, 6) is 0.150. The van der Waals surface area contributed by atoms with Crippen LogP contribution < -0.4 is 5.32 Å². The molecule has 1 fully saturated rings. The van der Waals surface area contributed by atoms with Crippen LogP contribution in [0.25, 0.3) is 0 Å². The van der Waals surface area contributed by atoms with E-state index in [4.69, 9.17) is 23.2 Å². The van der Waals surface area contributed by atoms with E-state index in [9.17, 15) is 4.79 Å². The summed E-state index contributed by atoms with van der Waals surface area (Å²) in [5.41, 5.74) is 0.909. The van der Waals surface area contributed by atoms with Crippen molar-refractivity contribution in [3.8, 4) is 0 Å². The second-order valence-electron chi connectivity index (χ2n) is 4.41. The van der Waals surface area contributed by atoms with Crippen molar-refractivity contribution in [3.05, 3.63) is 33.8 Å². The Morgan fingerprint density at radius 2 is 2.06 bits per heavy atom. The highest BCUT2D eigenvalue weighted by molar-refractivity contribution is 6.42. The zero-order valence-corrected chi connectivity index (χ0v) is 11.6. The summed E-state index contributed by atoms with van der Waals surface area (Å²) < 4.78 is 0. The first-order chi connectivity index (χ1) is 8.66. The maximum atomic E-state index is 12.1. The molecule has 0 atom stereocenters. The number of hydrogen-bond donors (Lipinski definition) is 1. The van der Waals surface area contributed by atoms with Gasteiger partial charge >= 0.3 is 0 Å². The average Bonchev–Trinajstić information content (AvgIpc) is 2.62. The fourth-order valence-electron chi connectivity index (χ4n) is 2.03. The molecule has 1 aliphatic rings. The summed E-state index contributed by atoms with van der Waals surface area (Å²) in [6.07, 6.45) is 1.39. The van der Waals surface area contributed by atoms with Gasteiger partial charge in [-0.25, -0.2) is 0 Å². The zero-order valence-electron chi connectivity index (χ0n) is 10.1. The minimum Gasteiger partial charge on any atom is -0.341 e. The number of nitrogens with zero attached hydrogens (tertiary/aromatic N) is 1. The van der Waals surface area contributed by atoms with Crippen LogP contribution in [0.1, 0.15) is 12.0 Å². The van der Waals surface area contributed by atoms with Gasteiger partial charge < -0.3 is 10.2 Å². The lowest BCUT2D eigenvalue weighted by molar-refractivity contribution is -0.130. The molecule has 1 aromatic carbocycles. The number of carbonyl (C=O) groups excluding carboxylic acids is 1. The molecule has 0 spiro atoms. The van der Waals surface area contributed by atoms with Gasteiger partial charge in [0.1, 0.15) is 0 Å². The van der Waals surface area contributed by atoms with Crippen LogP contribution in [0, 0.1) is 0 Å². The number of nitrogens with one attached hydrogen (secondary N) is 1. The van der Waals surface area contributed by atoms with Gasteiger partial charge in [0.15, 0.2) is 0 Å². The van der Waals surface area contributed by atoms with E-state index in [1.807, 2.05) is 11.0 Å². The van der Waals surface area contributed by atoms with E-state index in [0.717, 1.165) is 38.2 Å². The van der Waals surface area contributed by atoms with Crippen molar-refractivity contribution in [3.63, 3.8) is 0 Å². The maximum Gasteiger partial charge on any atom is 0.227 e. The molecule has 0 radical (unpaired) electrons. The molecule has 1 N–H and O–H groups in total. The van der Waals surface area contributed by atoms with Gasteiger partial charge in [0.2, 0.25) is 5.91 Å². The van der Waals surface area contributed by atoms with E-state index < -0.39 is 0 Å². The lowest BCUT2D eigenvalue weighted by Gasteiger charge is -2.20. The SMILES string of the molecule is O=C(Cc1ccc(Cl)c(Cl)c1)N1CCCNCC1. The molecule has 1 aliphatic heterocycles. The Morgan fingerprint density at radius 1 is 1.22 bits per heavy atom. The molecule has 1 aromatic rings. The molecule has 3 nitrogen and oxygen atoms in total. The molecule has 2 rings (SSSR count). The molecule has 98 valence electrons. The summed E-state index contributed by atoms with van der Waals surface area (Å²) in [5, 5.41) is 4.30. The molecular formula is C13H16Cl2N2O. The highest BCUT2D eigenvalue weighted by Gasteiger charge is 2.15. The lowest BCUT2D eigenvalue weighted by atomic mass is 10.1. The van der Waals surface area contributed by atoms with E-state index in [1.165, 1.54) is 0 Å². The standard InChI is InChI=1S/C13H16Cl2N2O/c14-11-3-2-10(8-12(11)15)9-13(18)17-6-1-4-16-5-7-17/h2-3,8,16H,1,4-7,9H2. The number of carbonyl (C=O) groups is 1. The molecule has 1 heterocycles. The third-order valence-electron chi connectivity index (χ3n) is 3.03. The van der Waals surface area contributed by atoms with Crippen LogP contribution in [0.2, 0.25) is 10.0 Å². The predicted octanol–water partition coefficient (Wildman–Crippen LogP) is 2.36. The lowest BCUT2D eigenvalue weighted by Crippen LogP contribution is -2.35. The van der Waals surface area contributed by atoms with Gasteiger partial charge in [0.25, 0.3) is 0 Å². The number of halogens is 2. The molecule has 1 saturated heterocycles. The van der Waals surface area contributed by atoms with Gasteiger partial charge in [0.05, 0.1) is 16.5 Å². The van der Waals surface area contributed by atoms with Crippen molar-refractivity contribution in [1.29, 1.82) is 0 Å². The number of rotatable bonds is 2. The highest BCUT2D eigenvalue weighted by atomic mass is 35.5. The van der Waals surface area contributed by atoms with E-state index in [1.54, 1.807) is 12.1 Å². The van der Waals surface area contributed by atoms with Gasteiger partial charge in [-0.15, -0.1) is 0 Å². The van der Waals surface area contributed by atoms with Crippen molar-refractivity contribution in [2.24, 2.45) is 0 Å². The van der Waals surface area contributed by atoms with Gasteiger partial charge in [0, 0.05) is 19.6 Å². The van der Waals surface area contributed by atoms with Gasteiger partial charge in [-0.05, 0) is 30.7 Å². The fourth-order valence-corrected chi connectivity index (χ4v) is 2.35. The van der Waals surface area contributed by atoms with Crippen molar-refractivity contribution >= 4 is 29.1 Å². The average molecular weight is 287 g/mol. The minimum atomic E-state index is 0.150. The molecule has 0 bridgehead atoms. The van der Waals surface area contributed by atoms with E-state index >= 15 is 0 Å². The van der Waals surface area contributed by atoms with E-state index in [-0.39, 0.29) is 5.91 Å². The van der Waals surface area contributed by atoms with E-state index in [2.05, 4.69) is 5.32 Å². The van der Waals surface area contributed by atoms with Crippen LogP contribution >= 0.6 is 23.2 Å². The summed E-state index contributed by atoms with van der Waals surface area (Å²) in [6.45, 7) is 3.46. The number of hydrogen-bond acceptors (Lipinski definition) is 2. The van der Waals surface area contributed by atoms with Crippen LogP contribution in [0.4, 0.5) is 0 Å². The van der Waals surface area contributed by atoms with Crippen LogP contribution in [-0.4, -0.2) is 37.0 Å². The topological polar surface area (TPSA) is 32.3 Å². The molecule has 18 heavy (non-hydrogen) atoms. The van der Waals surface area contributed by atoms with Gasteiger partial charge in [-0.3, -0.25) is 4.79 Å². The summed E-state index contributed by atoms with van der Waals surface area (Å²) in [7, 11) is 0. The Hall–Kier alpha value is -0.770. The Balaban J connectivity index is 1.99. The second-order valence-corrected chi connectivity index (χ2v) is 5.22. The van der Waals surface area contributed by atoms with Crippen molar-refractivity contribution < 1.29 is 4.79 Å². The normalized spacial score (nSPS) is 16.4. The zero-order chi connectivity index (χ0) is 13.0. The Kier molecular flexibility index (Phi) is 4.87. The third kappa shape index (κ3) is 3.61. The molecule has 0 aliphatic carbocycles. The van der Waals surface area contributed by atoms with Crippen LogP contribution in [0.5, 0.6) is 0 Å². The van der Waals surface area contributed by atoms with Crippen LogP contribution in [0.15, 0.2) is 18.2 Å². The Labute approximate surface area is 117 Å². The van der Waals surface area contributed by atoms with Crippen LogP contribution in [-0.2, 0) is 11.2 Å². The second kappa shape index (κ2) is 6.41. The van der Waals surface area contributed by atoms with Crippen molar-refractivity contribution in [2.45, 2.75) is 12.8 Å². The number of benzene rings is 1. The molecule has 0 unspecified atom stereocenters. The molecular weight excluding hydrogens is 271 g/mol. The third-order valence-corrected chi connectivity index (χ3v) is 3.77. The molecule has 5 heteroatoms. The summed E-state index contributed by atoms with van der Waals surface area (Å²) >= 11 is 11.8. The first-order valence-corrected chi connectivity index (χ1v) is 6.85. The fraction of sp³-hybridized carbons (Fsp3) is 0.462. The monoisotopic (exact) mass is 286 g/mol. The maximum absolute atomic E-state index is 12.1. The largest absolute Gasteiger partial charge is 0.341 e. The number of amides is 1. The van der Waals surface area contributed by atoms with Gasteiger partial charge in [-0.1, -0.05) is 29.3 Å². The first kappa shape index (κ1) is 13.7. The first-order valence-electron chi connectivity index (χ1n) is 6.09. The Bertz CT molecular complexity index is 429. The predicted molar refractivity (Wildman–Crippen MR) is 74.2 cm³/mol. The molecule has 0 saturated carbocycles. The molecule has 1 amide bonds. The summed E-state index contributed by atoms with van der Waals surface area (Å²) in [4.78, 5) is 14.0. The van der Waals surface area contributed by atoms with Crippen molar-refractivity contribution in [1.82, 2.24) is 10.2 Å². The summed E-state index contributed by atoms with van der Waals surface area (Å²) in [6, 6.07) is 5.34. The quantitative estimate of drug-likeness (QED) is 0.905. The van der Waals surface area contributed by atoms with Gasteiger partial charge in [-0.2, -0.15) is 0 Å². The van der Waals surface area contributed by atoms with Crippen molar-refractivity contribution in [2.75, 3.05) is 26.2 Å². The Morgan fingerprint density at radius 3 is 2.83 bits per heavy atom. The minimum absolute atomic E-state index is 0.150. The van der Waals surface area contributed by atoms with E-state index in [0.29, 0.717) is 16.5 Å². The highest BCUT2D eigenvalue weighted by Crippen LogP contribution is 2.23. The smallest absolute Gasteiger partial charge is 0.227 e.